The van der Waals surface area contributed by atoms with Gasteiger partial charge < -0.3 is 81.1 Å². The smallest absolute Gasteiger partial charge is 0.407 e. The quantitative estimate of drug-likeness (QED) is 0.0110. The monoisotopic (exact) mass is 1500 g/mol. The largest absolute Gasteiger partial charge is 0.507 e. The number of phenols is 2. The van der Waals surface area contributed by atoms with Crippen LogP contribution in [0, 0.1) is 0 Å². The highest BCUT2D eigenvalue weighted by Gasteiger charge is 2.51. The van der Waals surface area contributed by atoms with E-state index in [9.17, 15) is 78.3 Å². The average molecular weight is 1500 g/mol. The van der Waals surface area contributed by atoms with Crippen LogP contribution in [0.2, 0.25) is 0 Å². The van der Waals surface area contributed by atoms with Crippen molar-refractivity contribution < 1.29 is 102 Å². The third-order valence-corrected chi connectivity index (χ3v) is 20.3. The van der Waals surface area contributed by atoms with E-state index in [0.29, 0.717) is 75.7 Å². The van der Waals surface area contributed by atoms with Crippen molar-refractivity contribution in [2.45, 2.75) is 164 Å². The summed E-state index contributed by atoms with van der Waals surface area (Å²) in [6.07, 6.45) is -1.43. The van der Waals surface area contributed by atoms with E-state index in [-0.39, 0.29) is 104 Å². The lowest BCUT2D eigenvalue weighted by molar-refractivity contribution is -0.249. The lowest BCUT2D eigenvalue weighted by atomic mass is 9.72. The van der Waals surface area contributed by atoms with Gasteiger partial charge in [0.2, 0.25) is 29.4 Å². The number of fused-ring (bicyclic) bond motifs is 6. The van der Waals surface area contributed by atoms with Crippen LogP contribution in [-0.4, -0.2) is 178 Å². The van der Waals surface area contributed by atoms with Crippen LogP contribution < -0.4 is 36.6 Å². The van der Waals surface area contributed by atoms with Gasteiger partial charge in [0, 0.05) is 98.6 Å². The van der Waals surface area contributed by atoms with E-state index in [1.54, 1.807) is 36.4 Å². The van der Waals surface area contributed by atoms with Crippen molar-refractivity contribution in [2.24, 2.45) is 0 Å². The third-order valence-electron chi connectivity index (χ3n) is 20.3. The summed E-state index contributed by atoms with van der Waals surface area (Å²) in [6.45, 7) is 1.00. The van der Waals surface area contributed by atoms with Crippen molar-refractivity contribution >= 4 is 70.7 Å². The average Bonchev–Trinajstić information content (AvgIpc) is 1.30. The molecule has 28 nitrogen and oxygen atoms in total. The first kappa shape index (κ1) is 78.9. The van der Waals surface area contributed by atoms with Crippen molar-refractivity contribution in [1.29, 1.82) is 0 Å². The van der Waals surface area contributed by atoms with Crippen LogP contribution >= 0.6 is 0 Å². The van der Waals surface area contributed by atoms with E-state index in [1.807, 2.05) is 66.7 Å². The second-order valence-corrected chi connectivity index (χ2v) is 27.8. The molecule has 6 aromatic carbocycles. The Morgan fingerprint density at radius 3 is 1.98 bits per heavy atom. The van der Waals surface area contributed by atoms with Gasteiger partial charge in [0.1, 0.15) is 60.9 Å². The van der Waals surface area contributed by atoms with Gasteiger partial charge in [-0.3, -0.25) is 48.1 Å². The SMILES string of the molecule is COc1cccc2c1C(=O)c1c(O)c3c(c(O)c1C2=O)CC(O)(C(=O)CO)CC3OC1CC(NC(=O)OCc2ccc(NC(=O)C(CCCCNC(=O)OCC3c4ccccc4-c4ccccc43)NC(=O)C(Cc3ccccc3)NC(=O)CCCCCNC(=O)CCCCCN3C(=O)C=CC3=O)cc2)C(O)C(C)O1. The standard InChI is InChI=1S/C81H89N7O21/c1-46-72(95)58(40-67(108-46)109-61-42-81(104,62(90)43-89)41-55-69(61)76(99)71-70(74(55)97)73(96)54-25-18-27-60(105-2)68(54)75(71)98)87-80(103)106-44-48-30-32-49(33-31-48)84-77(100)57(26-14-16-37-83-79(102)107-45-56-52-23-12-10-21-50(52)51-22-11-13-24-53(51)56)86-78(101)59(39-47-19-6-3-7-20-47)85-64(92)29-8-4-15-36-82-63(91)28-9-5-17-38-88-65(93)34-35-66(88)94/h3,6-7,10-13,18-25,27,30-35,46,56-59,61,67,72,89,95,97,99,104H,4-5,8-9,14-17,26,28-29,36-45H2,1-2H3,(H,82,91)(H,83,102)(H,84,100)(H,85,92)(H,86,101)(H,87,103). The van der Waals surface area contributed by atoms with Crippen LogP contribution in [0.4, 0.5) is 15.3 Å². The number of amides is 8. The first-order valence-corrected chi connectivity index (χ1v) is 36.6. The minimum Gasteiger partial charge on any atom is -0.507 e. The van der Waals surface area contributed by atoms with Crippen LogP contribution in [0.3, 0.4) is 0 Å². The molecule has 8 unspecified atom stereocenters. The fourth-order valence-electron chi connectivity index (χ4n) is 14.6. The number of rotatable bonds is 34. The number of hydrogen-bond acceptors (Lipinski definition) is 21. The minimum absolute atomic E-state index is 0.0160. The first-order valence-electron chi connectivity index (χ1n) is 36.6. The number of aliphatic hydroxyl groups excluding tert-OH is 2. The number of phenolic OH excluding ortho intramolecular Hbond substituents is 2. The highest BCUT2D eigenvalue weighted by atomic mass is 16.7. The highest BCUT2D eigenvalue weighted by Crippen LogP contribution is 2.53. The number of imide groups is 1. The molecule has 109 heavy (non-hydrogen) atoms. The molecule has 6 aromatic rings. The number of hydrogen-bond donors (Lipinski definition) is 11. The predicted octanol–water partition coefficient (Wildman–Crippen LogP) is 6.99. The van der Waals surface area contributed by atoms with Crippen molar-refractivity contribution in [3.8, 4) is 28.4 Å². The highest BCUT2D eigenvalue weighted by molar-refractivity contribution is 6.31. The summed E-state index contributed by atoms with van der Waals surface area (Å²) in [5.41, 5.74) is 1.30. The fraction of sp³-hybridized carbons (Fsp3) is 0.395. The molecular formula is C81H89N7O21. The molecule has 0 saturated carbocycles. The van der Waals surface area contributed by atoms with E-state index in [2.05, 4.69) is 31.9 Å². The number of Topliss-reactive ketones (excluding diaryl/α,β-unsaturated/α-hetero) is 1. The third kappa shape index (κ3) is 18.9. The zero-order valence-corrected chi connectivity index (χ0v) is 60.4. The number of nitrogens with one attached hydrogen (secondary N) is 6. The Kier molecular flexibility index (Phi) is 26.2. The summed E-state index contributed by atoms with van der Waals surface area (Å²) in [5, 5.41) is 73.8. The van der Waals surface area contributed by atoms with E-state index < -0.39 is 138 Å². The molecular weight excluding hydrogens is 1410 g/mol. The van der Waals surface area contributed by atoms with Gasteiger partial charge in [-0.2, -0.15) is 0 Å². The lowest BCUT2D eigenvalue weighted by Gasteiger charge is -2.42. The van der Waals surface area contributed by atoms with Gasteiger partial charge in [0.15, 0.2) is 17.9 Å². The van der Waals surface area contributed by atoms with Gasteiger partial charge in [0.25, 0.3) is 11.8 Å². The number of nitrogens with zero attached hydrogens (tertiary/aromatic N) is 1. The molecule has 0 aromatic heterocycles. The summed E-state index contributed by atoms with van der Waals surface area (Å²) in [6, 6.07) is 32.1. The molecule has 28 heteroatoms. The Hall–Kier alpha value is -11.2. The Morgan fingerprint density at radius 2 is 1.28 bits per heavy atom. The predicted molar refractivity (Wildman–Crippen MR) is 393 cm³/mol. The van der Waals surface area contributed by atoms with Crippen LogP contribution in [0.5, 0.6) is 17.2 Å². The molecule has 2 aliphatic heterocycles. The number of anilines is 1. The molecule has 11 N–H and O–H groups in total. The fourth-order valence-corrected chi connectivity index (χ4v) is 14.6. The number of alkyl carbamates (subject to hydrolysis) is 2. The van der Waals surface area contributed by atoms with Gasteiger partial charge in [-0.15, -0.1) is 0 Å². The molecule has 11 rings (SSSR count). The number of benzene rings is 6. The molecule has 0 bridgehead atoms. The summed E-state index contributed by atoms with van der Waals surface area (Å²) in [5.74, 6) is -6.98. The number of methoxy groups -OCH3 is 1. The Balaban J connectivity index is 0.697. The molecule has 0 radical (unpaired) electrons. The lowest BCUT2D eigenvalue weighted by Crippen LogP contribution is -2.56. The molecule has 8 amide bonds. The van der Waals surface area contributed by atoms with Gasteiger partial charge >= 0.3 is 12.2 Å². The normalized spacial score (nSPS) is 19.4. The zero-order valence-electron chi connectivity index (χ0n) is 60.4. The number of ether oxygens (including phenoxy) is 5. The number of unbranched alkanes of at least 4 members (excludes halogenated alkanes) is 5. The number of carbonyl (C=O) groups excluding carboxylic acids is 11. The van der Waals surface area contributed by atoms with Crippen LogP contribution in [0.25, 0.3) is 11.1 Å². The molecule has 574 valence electrons. The van der Waals surface area contributed by atoms with E-state index >= 15 is 0 Å². The second kappa shape index (κ2) is 36.2. The van der Waals surface area contributed by atoms with Crippen LogP contribution in [-0.2, 0) is 72.0 Å². The molecule has 1 fully saturated rings. The topological polar surface area (TPSA) is 410 Å². The maximum atomic E-state index is 14.5. The maximum absolute atomic E-state index is 14.5. The zero-order chi connectivity index (χ0) is 77.5. The van der Waals surface area contributed by atoms with Crippen molar-refractivity contribution in [2.75, 3.05) is 45.3 Å². The molecule has 5 aliphatic rings. The molecule has 8 atom stereocenters. The summed E-state index contributed by atoms with van der Waals surface area (Å²) < 4.78 is 29.0. The van der Waals surface area contributed by atoms with Gasteiger partial charge in [0.05, 0.1) is 42.0 Å². The molecule has 0 spiro atoms. The van der Waals surface area contributed by atoms with E-state index in [1.165, 1.54) is 49.3 Å². The number of aliphatic hydroxyl groups is 3. The number of carbonyl (C=O) groups is 11. The Morgan fingerprint density at radius 1 is 0.642 bits per heavy atom. The summed E-state index contributed by atoms with van der Waals surface area (Å²) in [4.78, 5) is 148. The van der Waals surface area contributed by atoms with Gasteiger partial charge in [-0.25, -0.2) is 9.59 Å². The second-order valence-electron chi connectivity index (χ2n) is 27.8. The summed E-state index contributed by atoms with van der Waals surface area (Å²) >= 11 is 0. The van der Waals surface area contributed by atoms with Gasteiger partial charge in [-0.1, -0.05) is 116 Å². The summed E-state index contributed by atoms with van der Waals surface area (Å²) in [7, 11) is 1.28. The first-order chi connectivity index (χ1) is 52.5. The van der Waals surface area contributed by atoms with Crippen molar-refractivity contribution in [3.05, 3.63) is 189 Å². The van der Waals surface area contributed by atoms with Crippen molar-refractivity contribution in [1.82, 2.24) is 31.5 Å². The van der Waals surface area contributed by atoms with Crippen LogP contribution in [0.15, 0.2) is 133 Å². The Bertz CT molecular complexity index is 4390. The van der Waals surface area contributed by atoms with Crippen LogP contribution in [0.1, 0.15) is 168 Å². The minimum atomic E-state index is -2.44. The molecule has 1 saturated heterocycles. The number of aromatic hydroxyl groups is 2. The van der Waals surface area contributed by atoms with Crippen molar-refractivity contribution in [3.63, 3.8) is 0 Å². The van der Waals surface area contributed by atoms with E-state index in [4.69, 9.17) is 23.7 Å². The molecule has 3 aliphatic carbocycles. The Labute approximate surface area is 628 Å². The molecule has 2 heterocycles. The number of ketones is 3. The maximum Gasteiger partial charge on any atom is 0.407 e. The van der Waals surface area contributed by atoms with Gasteiger partial charge in [-0.05, 0) is 103 Å². The van der Waals surface area contributed by atoms with E-state index in [0.717, 1.165) is 27.8 Å².